The van der Waals surface area contributed by atoms with Gasteiger partial charge in [-0.3, -0.25) is 14.5 Å². The highest BCUT2D eigenvalue weighted by molar-refractivity contribution is 6.22. The zero-order chi connectivity index (χ0) is 26.0. The molecule has 2 amide bonds. The van der Waals surface area contributed by atoms with Crippen molar-refractivity contribution in [2.24, 2.45) is 0 Å². The highest BCUT2D eigenvalue weighted by atomic mass is 16.5. The Hall–Kier alpha value is -4.51. The van der Waals surface area contributed by atoms with E-state index in [1.807, 2.05) is 60.7 Å². The van der Waals surface area contributed by atoms with Crippen LogP contribution in [0.2, 0.25) is 0 Å². The van der Waals surface area contributed by atoms with Crippen molar-refractivity contribution in [3.05, 3.63) is 137 Å². The average molecular weight is 490 g/mol. The van der Waals surface area contributed by atoms with Crippen molar-refractivity contribution in [3.63, 3.8) is 0 Å². The Bertz CT molecular complexity index is 1410. The van der Waals surface area contributed by atoms with Gasteiger partial charge in [0.2, 0.25) is 0 Å². The first-order chi connectivity index (χ1) is 17.9. The largest absolute Gasteiger partial charge is 0.425 e. The number of benzene rings is 4. The van der Waals surface area contributed by atoms with Crippen LogP contribution in [0.5, 0.6) is 5.75 Å². The molecule has 184 valence electrons. The lowest BCUT2D eigenvalue weighted by molar-refractivity contribution is -0.138. The molecule has 4 aromatic rings. The lowest BCUT2D eigenvalue weighted by atomic mass is 9.78. The van der Waals surface area contributed by atoms with E-state index < -0.39 is 23.8 Å². The zero-order valence-corrected chi connectivity index (χ0v) is 20.8. The van der Waals surface area contributed by atoms with E-state index in [1.165, 1.54) is 5.56 Å². The van der Waals surface area contributed by atoms with Crippen LogP contribution in [0.25, 0.3) is 0 Å². The first kappa shape index (κ1) is 24.2. The van der Waals surface area contributed by atoms with E-state index in [9.17, 15) is 14.4 Å². The number of rotatable bonds is 7. The smallest absolute Gasteiger partial charge is 0.335 e. The van der Waals surface area contributed by atoms with E-state index in [1.54, 1.807) is 36.4 Å². The lowest BCUT2D eigenvalue weighted by Crippen LogP contribution is -2.48. The summed E-state index contributed by atoms with van der Waals surface area (Å²) in [6.45, 7) is 4.28. The summed E-state index contributed by atoms with van der Waals surface area (Å²) in [7, 11) is 0. The third kappa shape index (κ3) is 4.68. The molecule has 1 aliphatic rings. The molecule has 0 bridgehead atoms. The Morgan fingerprint density at radius 3 is 1.76 bits per heavy atom. The van der Waals surface area contributed by atoms with Crippen LogP contribution in [0, 0.1) is 0 Å². The first-order valence-electron chi connectivity index (χ1n) is 12.2. The third-order valence-corrected chi connectivity index (χ3v) is 6.97. The number of carbonyl (C=O) groups excluding carboxylic acids is 3. The molecule has 0 spiro atoms. The van der Waals surface area contributed by atoms with Gasteiger partial charge in [-0.25, -0.2) is 4.79 Å². The summed E-state index contributed by atoms with van der Waals surface area (Å²) in [5.41, 5.74) is 3.42. The molecule has 0 N–H and O–H groups in total. The second kappa shape index (κ2) is 9.86. The van der Waals surface area contributed by atoms with E-state index in [2.05, 4.69) is 26.0 Å². The van der Waals surface area contributed by atoms with E-state index in [4.69, 9.17) is 4.74 Å². The minimum Gasteiger partial charge on any atom is -0.425 e. The predicted octanol–water partition coefficient (Wildman–Crippen LogP) is 5.83. The van der Waals surface area contributed by atoms with Gasteiger partial charge in [0.05, 0.1) is 11.1 Å². The number of amides is 2. The van der Waals surface area contributed by atoms with Gasteiger partial charge in [0.15, 0.2) is 0 Å². The Labute approximate surface area is 216 Å². The number of hydrogen-bond acceptors (Lipinski definition) is 4. The number of nitrogens with zero attached hydrogens (tertiary/aromatic N) is 1. The molecule has 5 nitrogen and oxygen atoms in total. The SMILES string of the molecule is CC(C)(c1ccccc1)c1ccc(OC(=O)[C@H](Cc2ccccc2)N2C(=O)c3ccccc3C2=O)cc1. The van der Waals surface area contributed by atoms with Gasteiger partial charge in [0.25, 0.3) is 11.8 Å². The minimum atomic E-state index is -1.10. The maximum absolute atomic E-state index is 13.5. The predicted molar refractivity (Wildman–Crippen MR) is 142 cm³/mol. The topological polar surface area (TPSA) is 63.7 Å². The number of carbonyl (C=O) groups is 3. The van der Waals surface area contributed by atoms with Crippen LogP contribution < -0.4 is 4.74 Å². The molecule has 1 atom stereocenters. The summed E-state index contributed by atoms with van der Waals surface area (Å²) in [6, 6.07) is 32.4. The number of ether oxygens (including phenoxy) is 1. The zero-order valence-electron chi connectivity index (χ0n) is 20.8. The van der Waals surface area contributed by atoms with Gasteiger partial charge in [-0.15, -0.1) is 0 Å². The summed E-state index contributed by atoms with van der Waals surface area (Å²) in [5.74, 6) is -1.28. The first-order valence-corrected chi connectivity index (χ1v) is 12.2. The van der Waals surface area contributed by atoms with Crippen LogP contribution in [-0.2, 0) is 16.6 Å². The van der Waals surface area contributed by atoms with Crippen molar-refractivity contribution < 1.29 is 19.1 Å². The van der Waals surface area contributed by atoms with E-state index in [-0.39, 0.29) is 11.8 Å². The van der Waals surface area contributed by atoms with Gasteiger partial charge < -0.3 is 4.74 Å². The molecule has 0 radical (unpaired) electrons. The van der Waals surface area contributed by atoms with Gasteiger partial charge in [0, 0.05) is 11.8 Å². The number of esters is 1. The number of imide groups is 1. The van der Waals surface area contributed by atoms with E-state index in [0.29, 0.717) is 16.9 Å². The fourth-order valence-corrected chi connectivity index (χ4v) is 4.75. The standard InChI is InChI=1S/C32H27NO4/c1-32(2,23-13-7-4-8-14-23)24-17-19-25(20-18-24)37-31(36)28(21-22-11-5-3-6-12-22)33-29(34)26-15-9-10-16-27(26)30(33)35/h3-20,28H,21H2,1-2H3/t28-/m0/s1. The van der Waals surface area contributed by atoms with Crippen molar-refractivity contribution in [1.82, 2.24) is 4.90 Å². The fraction of sp³-hybridized carbons (Fsp3) is 0.156. The summed E-state index contributed by atoms with van der Waals surface area (Å²) >= 11 is 0. The van der Waals surface area contributed by atoms with E-state index >= 15 is 0 Å². The molecule has 0 saturated carbocycles. The van der Waals surface area contributed by atoms with Gasteiger partial charge in [0.1, 0.15) is 11.8 Å². The molecular formula is C32H27NO4. The summed E-state index contributed by atoms with van der Waals surface area (Å²) in [6.07, 6.45) is 0.157. The Morgan fingerprint density at radius 2 is 1.19 bits per heavy atom. The van der Waals surface area contributed by atoms with Gasteiger partial charge in [-0.1, -0.05) is 98.8 Å². The molecule has 0 unspecified atom stereocenters. The lowest BCUT2D eigenvalue weighted by Gasteiger charge is -2.27. The van der Waals surface area contributed by atoms with Gasteiger partial charge in [-0.05, 0) is 41.0 Å². The van der Waals surface area contributed by atoms with Crippen molar-refractivity contribution in [3.8, 4) is 5.75 Å². The van der Waals surface area contributed by atoms with Gasteiger partial charge in [-0.2, -0.15) is 0 Å². The number of hydrogen-bond donors (Lipinski definition) is 0. The molecule has 5 heteroatoms. The summed E-state index contributed by atoms with van der Waals surface area (Å²) < 4.78 is 5.74. The molecule has 37 heavy (non-hydrogen) atoms. The quantitative estimate of drug-likeness (QED) is 0.186. The molecule has 0 aromatic heterocycles. The van der Waals surface area contributed by atoms with Crippen molar-refractivity contribution in [2.75, 3.05) is 0 Å². The summed E-state index contributed by atoms with van der Waals surface area (Å²) in [4.78, 5) is 40.9. The minimum absolute atomic E-state index is 0.157. The fourth-order valence-electron chi connectivity index (χ4n) is 4.75. The Kier molecular flexibility index (Phi) is 6.45. The Balaban J connectivity index is 1.41. The van der Waals surface area contributed by atoms with Crippen LogP contribution >= 0.6 is 0 Å². The number of fused-ring (bicyclic) bond motifs is 1. The molecule has 0 saturated heterocycles. The maximum atomic E-state index is 13.5. The van der Waals surface area contributed by atoms with Crippen molar-refractivity contribution in [2.45, 2.75) is 31.7 Å². The second-order valence-corrected chi connectivity index (χ2v) is 9.67. The highest BCUT2D eigenvalue weighted by Crippen LogP contribution is 2.33. The summed E-state index contributed by atoms with van der Waals surface area (Å²) in [5, 5.41) is 0. The molecule has 5 rings (SSSR count). The molecule has 1 aliphatic heterocycles. The van der Waals surface area contributed by atoms with Crippen molar-refractivity contribution >= 4 is 17.8 Å². The van der Waals surface area contributed by atoms with Crippen LogP contribution in [0.3, 0.4) is 0 Å². The average Bonchev–Trinajstić information content (AvgIpc) is 3.18. The van der Waals surface area contributed by atoms with Crippen molar-refractivity contribution in [1.29, 1.82) is 0 Å². The molecule has 1 heterocycles. The van der Waals surface area contributed by atoms with Crippen LogP contribution in [0.15, 0.2) is 109 Å². The second-order valence-electron chi connectivity index (χ2n) is 9.67. The monoisotopic (exact) mass is 489 g/mol. The van der Waals surface area contributed by atoms with E-state index in [0.717, 1.165) is 16.0 Å². The normalized spacial score (nSPS) is 13.8. The third-order valence-electron chi connectivity index (χ3n) is 6.97. The molecule has 0 aliphatic carbocycles. The Morgan fingerprint density at radius 1 is 0.703 bits per heavy atom. The van der Waals surface area contributed by atoms with Gasteiger partial charge >= 0.3 is 5.97 Å². The molecular weight excluding hydrogens is 462 g/mol. The maximum Gasteiger partial charge on any atom is 0.335 e. The van der Waals surface area contributed by atoms with Crippen LogP contribution in [0.1, 0.15) is 51.3 Å². The molecule has 0 fully saturated rings. The van der Waals surface area contributed by atoms with Crippen LogP contribution in [0.4, 0.5) is 0 Å². The van der Waals surface area contributed by atoms with Crippen LogP contribution in [-0.4, -0.2) is 28.7 Å². The highest BCUT2D eigenvalue weighted by Gasteiger charge is 2.43. The molecule has 4 aromatic carbocycles.